The number of benzene rings is 3. The van der Waals surface area contributed by atoms with E-state index >= 15 is 0 Å². The second-order valence-electron chi connectivity index (χ2n) is 9.74. The molecule has 0 aliphatic heterocycles. The molecule has 3 heteroatoms. The molecule has 0 atom stereocenters. The van der Waals surface area contributed by atoms with Gasteiger partial charge in [-0.15, -0.1) is 22.7 Å². The Morgan fingerprint density at radius 1 is 0.758 bits per heavy atom. The lowest BCUT2D eigenvalue weighted by Gasteiger charge is -2.22. The standard InChI is InChI=1S/C30H25NS2/c1-18-22-13-14-31-27(21-15-19-9-5-7-11-23(19)24(16-21)30(2,3)4)29(22)33-28(18)26-17-20-10-6-8-12-25(20)32-26/h5-17H,1-4H3. The molecule has 0 amide bonds. The van der Waals surface area contributed by atoms with Crippen LogP contribution >= 0.6 is 22.7 Å². The molecule has 0 unspecified atom stereocenters. The maximum atomic E-state index is 4.91. The van der Waals surface area contributed by atoms with E-state index in [-0.39, 0.29) is 5.41 Å². The summed E-state index contributed by atoms with van der Waals surface area (Å²) in [6, 6.07) is 26.5. The molecular formula is C30H25NS2. The Morgan fingerprint density at radius 3 is 2.30 bits per heavy atom. The fourth-order valence-electron chi connectivity index (χ4n) is 4.75. The van der Waals surface area contributed by atoms with E-state index in [1.807, 2.05) is 28.9 Å². The highest BCUT2D eigenvalue weighted by Crippen LogP contribution is 2.46. The van der Waals surface area contributed by atoms with Gasteiger partial charge in [0.2, 0.25) is 0 Å². The van der Waals surface area contributed by atoms with Gasteiger partial charge in [0, 0.05) is 26.2 Å². The van der Waals surface area contributed by atoms with Gasteiger partial charge >= 0.3 is 0 Å². The largest absolute Gasteiger partial charge is 0.255 e. The number of fused-ring (bicyclic) bond motifs is 3. The first-order valence-corrected chi connectivity index (χ1v) is 12.9. The first-order chi connectivity index (χ1) is 15.9. The quantitative estimate of drug-likeness (QED) is 0.249. The molecule has 0 saturated carbocycles. The highest BCUT2D eigenvalue weighted by atomic mass is 32.1. The SMILES string of the molecule is Cc1c(-c2cc3ccccc3s2)sc2c(-c3cc(C(C)(C)C)c4ccccc4c3)nccc12. The number of rotatable bonds is 2. The van der Waals surface area contributed by atoms with Crippen LogP contribution in [0.3, 0.4) is 0 Å². The van der Waals surface area contributed by atoms with Gasteiger partial charge in [-0.05, 0) is 75.3 Å². The molecule has 3 heterocycles. The van der Waals surface area contributed by atoms with E-state index in [1.165, 1.54) is 57.4 Å². The van der Waals surface area contributed by atoms with Crippen molar-refractivity contribution in [2.45, 2.75) is 33.1 Å². The van der Waals surface area contributed by atoms with Crippen molar-refractivity contribution in [1.82, 2.24) is 4.98 Å². The Balaban J connectivity index is 1.60. The molecule has 0 aliphatic carbocycles. The Labute approximate surface area is 202 Å². The summed E-state index contributed by atoms with van der Waals surface area (Å²) in [4.78, 5) is 7.61. The molecule has 0 radical (unpaired) electrons. The summed E-state index contributed by atoms with van der Waals surface area (Å²) >= 11 is 3.76. The van der Waals surface area contributed by atoms with Gasteiger partial charge in [-0.3, -0.25) is 4.98 Å². The van der Waals surface area contributed by atoms with Crippen molar-refractivity contribution in [2.75, 3.05) is 0 Å². The number of nitrogens with zero attached hydrogens (tertiary/aromatic N) is 1. The number of pyridine rings is 1. The van der Waals surface area contributed by atoms with Crippen molar-refractivity contribution in [1.29, 1.82) is 0 Å². The van der Waals surface area contributed by atoms with Crippen LogP contribution in [0.1, 0.15) is 31.9 Å². The lowest BCUT2D eigenvalue weighted by Crippen LogP contribution is -2.12. The Morgan fingerprint density at radius 2 is 1.52 bits per heavy atom. The van der Waals surface area contributed by atoms with Gasteiger partial charge in [0.15, 0.2) is 0 Å². The molecule has 6 rings (SSSR count). The smallest absolute Gasteiger partial charge is 0.0880 e. The van der Waals surface area contributed by atoms with Gasteiger partial charge in [0.1, 0.15) is 0 Å². The van der Waals surface area contributed by atoms with Gasteiger partial charge in [-0.25, -0.2) is 0 Å². The van der Waals surface area contributed by atoms with Crippen LogP contribution in [0.2, 0.25) is 0 Å². The molecule has 1 nitrogen and oxygen atoms in total. The van der Waals surface area contributed by atoms with Gasteiger partial charge < -0.3 is 0 Å². The molecule has 33 heavy (non-hydrogen) atoms. The second kappa shape index (κ2) is 7.51. The van der Waals surface area contributed by atoms with Crippen LogP contribution in [0.5, 0.6) is 0 Å². The molecular weight excluding hydrogens is 438 g/mol. The Kier molecular flexibility index (Phi) is 4.69. The van der Waals surface area contributed by atoms with Gasteiger partial charge in [0.25, 0.3) is 0 Å². The molecule has 0 aliphatic rings. The van der Waals surface area contributed by atoms with Crippen molar-refractivity contribution in [3.63, 3.8) is 0 Å². The van der Waals surface area contributed by atoms with Gasteiger partial charge in [0.05, 0.1) is 10.4 Å². The van der Waals surface area contributed by atoms with Crippen LogP contribution < -0.4 is 0 Å². The summed E-state index contributed by atoms with van der Waals surface area (Å²) in [6.07, 6.45) is 1.97. The van der Waals surface area contributed by atoms with Crippen molar-refractivity contribution in [3.05, 3.63) is 90.1 Å². The first-order valence-electron chi connectivity index (χ1n) is 11.3. The zero-order valence-corrected chi connectivity index (χ0v) is 20.9. The summed E-state index contributed by atoms with van der Waals surface area (Å²) in [5.74, 6) is 0. The zero-order chi connectivity index (χ0) is 22.7. The monoisotopic (exact) mass is 463 g/mol. The van der Waals surface area contributed by atoms with Crippen LogP contribution in [0.25, 0.3) is 52.0 Å². The molecule has 0 N–H and O–H groups in total. The van der Waals surface area contributed by atoms with Crippen molar-refractivity contribution < 1.29 is 0 Å². The third-order valence-electron chi connectivity index (χ3n) is 6.45. The average Bonchev–Trinajstić information content (AvgIpc) is 3.38. The van der Waals surface area contributed by atoms with Crippen LogP contribution in [0.4, 0.5) is 0 Å². The maximum Gasteiger partial charge on any atom is 0.0880 e. The number of aromatic nitrogens is 1. The van der Waals surface area contributed by atoms with Crippen LogP contribution in [0, 0.1) is 6.92 Å². The molecule has 3 aromatic carbocycles. The predicted molar refractivity (Wildman–Crippen MR) is 147 cm³/mol. The number of hydrogen-bond donors (Lipinski definition) is 0. The van der Waals surface area contributed by atoms with Gasteiger partial charge in [-0.1, -0.05) is 63.2 Å². The summed E-state index contributed by atoms with van der Waals surface area (Å²) < 4.78 is 2.62. The van der Waals surface area contributed by atoms with E-state index in [4.69, 9.17) is 4.98 Å². The number of hydrogen-bond acceptors (Lipinski definition) is 3. The van der Waals surface area contributed by atoms with E-state index in [0.29, 0.717) is 0 Å². The van der Waals surface area contributed by atoms with E-state index in [0.717, 1.165) is 5.69 Å². The number of thiophene rings is 2. The topological polar surface area (TPSA) is 12.9 Å². The van der Waals surface area contributed by atoms with E-state index < -0.39 is 0 Å². The summed E-state index contributed by atoms with van der Waals surface area (Å²) in [6.45, 7) is 9.13. The summed E-state index contributed by atoms with van der Waals surface area (Å²) in [7, 11) is 0. The van der Waals surface area contributed by atoms with Crippen LogP contribution in [-0.2, 0) is 5.41 Å². The molecule has 162 valence electrons. The fraction of sp³-hybridized carbons (Fsp3) is 0.167. The van der Waals surface area contributed by atoms with Crippen molar-refractivity contribution in [3.8, 4) is 21.0 Å². The lowest BCUT2D eigenvalue weighted by atomic mass is 9.82. The normalized spacial score (nSPS) is 12.2. The Hall–Kier alpha value is -3.01. The molecule has 0 spiro atoms. The molecule has 6 aromatic rings. The summed E-state index contributed by atoms with van der Waals surface area (Å²) in [5.41, 5.74) is 5.06. The predicted octanol–water partition coefficient (Wildman–Crippen LogP) is 9.60. The van der Waals surface area contributed by atoms with Crippen molar-refractivity contribution in [2.24, 2.45) is 0 Å². The fourth-order valence-corrected chi connectivity index (χ4v) is 7.29. The van der Waals surface area contributed by atoms with E-state index in [1.54, 1.807) is 0 Å². The zero-order valence-electron chi connectivity index (χ0n) is 19.3. The summed E-state index contributed by atoms with van der Waals surface area (Å²) in [5, 5.41) is 5.23. The van der Waals surface area contributed by atoms with Crippen LogP contribution in [0.15, 0.2) is 79.0 Å². The number of aryl methyl sites for hydroxylation is 1. The highest BCUT2D eigenvalue weighted by molar-refractivity contribution is 7.29. The van der Waals surface area contributed by atoms with E-state index in [9.17, 15) is 0 Å². The first kappa shape index (κ1) is 20.6. The molecule has 3 aromatic heterocycles. The Bertz CT molecular complexity index is 1630. The average molecular weight is 464 g/mol. The molecule has 0 saturated heterocycles. The third-order valence-corrected chi connectivity index (χ3v) is 9.06. The molecule has 0 bridgehead atoms. The molecule has 0 fully saturated rings. The maximum absolute atomic E-state index is 4.91. The second-order valence-corrected chi connectivity index (χ2v) is 11.8. The third kappa shape index (κ3) is 3.38. The lowest BCUT2D eigenvalue weighted by molar-refractivity contribution is 0.596. The minimum atomic E-state index is 0.0527. The minimum absolute atomic E-state index is 0.0527. The van der Waals surface area contributed by atoms with Gasteiger partial charge in [-0.2, -0.15) is 0 Å². The van der Waals surface area contributed by atoms with Crippen molar-refractivity contribution >= 4 is 53.6 Å². The minimum Gasteiger partial charge on any atom is -0.255 e. The van der Waals surface area contributed by atoms with Crippen LogP contribution in [-0.4, -0.2) is 4.98 Å². The highest BCUT2D eigenvalue weighted by Gasteiger charge is 2.21. The van der Waals surface area contributed by atoms with E-state index in [2.05, 4.69) is 100 Å².